The van der Waals surface area contributed by atoms with Crippen LogP contribution < -0.4 is 11.1 Å². The molecule has 1 saturated carbocycles. The molecule has 2 fully saturated rings. The second-order valence-corrected chi connectivity index (χ2v) is 7.19. The zero-order chi connectivity index (χ0) is 16.6. The molecule has 2 aliphatic rings. The van der Waals surface area contributed by atoms with Crippen molar-refractivity contribution in [3.63, 3.8) is 0 Å². The number of nitrogens with zero attached hydrogens (tertiary/aromatic N) is 2. The predicted molar refractivity (Wildman–Crippen MR) is 98.0 cm³/mol. The van der Waals surface area contributed by atoms with E-state index in [1.807, 2.05) is 6.07 Å². The number of nitrogens with one attached hydrogen (secondary N) is 1. The van der Waals surface area contributed by atoms with Crippen LogP contribution in [0.3, 0.4) is 0 Å². The number of likely N-dealkylation sites (tertiary alicyclic amines) is 1. The fraction of sp³-hybridized carbons (Fsp3) is 0.737. The standard InChI is InChI=1S/C19H32N4O/c20-19(22-16-9-4-1-2-5-10-16)21-15-17(18-11-8-14-24-18)23-12-6-3-7-13-23/h8,11,14,16-17H,1-7,9-10,12-13,15H2,(H3,20,21,22). The lowest BCUT2D eigenvalue weighted by atomic mass is 10.1. The zero-order valence-corrected chi connectivity index (χ0v) is 14.8. The minimum atomic E-state index is 0.204. The van der Waals surface area contributed by atoms with Crippen molar-refractivity contribution in [3.8, 4) is 0 Å². The molecule has 1 aliphatic carbocycles. The first kappa shape index (κ1) is 17.3. The molecule has 134 valence electrons. The Hall–Kier alpha value is -1.49. The average Bonchev–Trinajstić information content (AvgIpc) is 3.01. The van der Waals surface area contributed by atoms with Gasteiger partial charge < -0.3 is 15.5 Å². The first-order valence-electron chi connectivity index (χ1n) is 9.67. The van der Waals surface area contributed by atoms with Gasteiger partial charge in [-0.05, 0) is 50.9 Å². The van der Waals surface area contributed by atoms with Gasteiger partial charge in [-0.25, -0.2) is 0 Å². The molecule has 0 aromatic carbocycles. The highest BCUT2D eigenvalue weighted by Gasteiger charge is 2.24. The van der Waals surface area contributed by atoms with Gasteiger partial charge in [-0.3, -0.25) is 9.89 Å². The lowest BCUT2D eigenvalue weighted by molar-refractivity contribution is 0.150. The van der Waals surface area contributed by atoms with E-state index in [9.17, 15) is 0 Å². The fourth-order valence-corrected chi connectivity index (χ4v) is 3.96. The summed E-state index contributed by atoms with van der Waals surface area (Å²) in [6.07, 6.45) is 13.3. The number of hydrogen-bond acceptors (Lipinski definition) is 3. The summed E-state index contributed by atoms with van der Waals surface area (Å²) in [5.74, 6) is 1.60. The summed E-state index contributed by atoms with van der Waals surface area (Å²) < 4.78 is 5.68. The first-order valence-corrected chi connectivity index (χ1v) is 9.67. The van der Waals surface area contributed by atoms with Crippen molar-refractivity contribution in [2.24, 2.45) is 10.7 Å². The molecule has 0 spiro atoms. The average molecular weight is 332 g/mol. The molecule has 0 radical (unpaired) electrons. The van der Waals surface area contributed by atoms with Gasteiger partial charge in [0.25, 0.3) is 0 Å². The number of piperidine rings is 1. The van der Waals surface area contributed by atoms with Crippen LogP contribution in [0.2, 0.25) is 0 Å². The maximum atomic E-state index is 6.18. The van der Waals surface area contributed by atoms with Gasteiger partial charge in [-0.1, -0.05) is 32.1 Å². The third kappa shape index (κ3) is 5.00. The minimum Gasteiger partial charge on any atom is -0.468 e. The monoisotopic (exact) mass is 332 g/mol. The van der Waals surface area contributed by atoms with Crippen molar-refractivity contribution < 1.29 is 4.42 Å². The van der Waals surface area contributed by atoms with Crippen LogP contribution in [-0.4, -0.2) is 36.5 Å². The molecule has 1 saturated heterocycles. The smallest absolute Gasteiger partial charge is 0.188 e. The zero-order valence-electron chi connectivity index (χ0n) is 14.8. The molecular formula is C19H32N4O. The number of furan rings is 1. The van der Waals surface area contributed by atoms with Crippen LogP contribution in [0.5, 0.6) is 0 Å². The van der Waals surface area contributed by atoms with Crippen molar-refractivity contribution in [1.29, 1.82) is 0 Å². The number of guanidine groups is 1. The summed E-state index contributed by atoms with van der Waals surface area (Å²) in [6.45, 7) is 2.91. The molecule has 1 atom stereocenters. The van der Waals surface area contributed by atoms with Gasteiger partial charge in [0.2, 0.25) is 0 Å². The number of rotatable bonds is 5. The highest BCUT2D eigenvalue weighted by molar-refractivity contribution is 5.78. The Morgan fingerprint density at radius 2 is 1.88 bits per heavy atom. The quantitative estimate of drug-likeness (QED) is 0.492. The molecule has 3 N–H and O–H groups in total. The van der Waals surface area contributed by atoms with Gasteiger partial charge in [0, 0.05) is 6.04 Å². The van der Waals surface area contributed by atoms with Gasteiger partial charge in [0.1, 0.15) is 5.76 Å². The summed E-state index contributed by atoms with van der Waals surface area (Å²) in [5, 5.41) is 3.44. The SMILES string of the molecule is NC(=NCC(c1ccco1)N1CCCCC1)NC1CCCCCC1. The second kappa shape index (κ2) is 9.11. The summed E-state index contributed by atoms with van der Waals surface area (Å²) >= 11 is 0. The summed E-state index contributed by atoms with van der Waals surface area (Å²) in [7, 11) is 0. The minimum absolute atomic E-state index is 0.204. The topological polar surface area (TPSA) is 66.8 Å². The van der Waals surface area contributed by atoms with E-state index < -0.39 is 0 Å². The highest BCUT2D eigenvalue weighted by Crippen LogP contribution is 2.25. The number of hydrogen-bond donors (Lipinski definition) is 2. The van der Waals surface area contributed by atoms with Crippen molar-refractivity contribution >= 4 is 5.96 Å². The van der Waals surface area contributed by atoms with Gasteiger partial charge in [-0.2, -0.15) is 0 Å². The van der Waals surface area contributed by atoms with Crippen LogP contribution in [0.25, 0.3) is 0 Å². The van der Waals surface area contributed by atoms with Crippen LogP contribution in [-0.2, 0) is 0 Å². The maximum absolute atomic E-state index is 6.18. The predicted octanol–water partition coefficient (Wildman–Crippen LogP) is 3.43. The van der Waals surface area contributed by atoms with Crippen LogP contribution in [0, 0.1) is 0 Å². The van der Waals surface area contributed by atoms with Gasteiger partial charge >= 0.3 is 0 Å². The molecule has 1 aromatic rings. The van der Waals surface area contributed by atoms with Gasteiger partial charge in [0.05, 0.1) is 18.8 Å². The van der Waals surface area contributed by atoms with E-state index in [0.29, 0.717) is 18.5 Å². The van der Waals surface area contributed by atoms with E-state index in [1.165, 1.54) is 57.8 Å². The summed E-state index contributed by atoms with van der Waals surface area (Å²) in [4.78, 5) is 7.15. The highest BCUT2D eigenvalue weighted by atomic mass is 16.3. The van der Waals surface area contributed by atoms with E-state index in [-0.39, 0.29) is 6.04 Å². The Bertz CT molecular complexity index is 485. The molecule has 0 amide bonds. The van der Waals surface area contributed by atoms with E-state index in [4.69, 9.17) is 10.2 Å². The largest absolute Gasteiger partial charge is 0.468 e. The third-order valence-corrected chi connectivity index (χ3v) is 5.34. The van der Waals surface area contributed by atoms with Crippen molar-refractivity contribution in [3.05, 3.63) is 24.2 Å². The lowest BCUT2D eigenvalue weighted by Gasteiger charge is -2.32. The first-order chi connectivity index (χ1) is 11.8. The van der Waals surface area contributed by atoms with Gasteiger partial charge in [-0.15, -0.1) is 0 Å². The van der Waals surface area contributed by atoms with E-state index in [0.717, 1.165) is 18.8 Å². The molecule has 3 rings (SSSR count). The Morgan fingerprint density at radius 1 is 1.17 bits per heavy atom. The van der Waals surface area contributed by atoms with Crippen LogP contribution in [0.4, 0.5) is 0 Å². The summed E-state index contributed by atoms with van der Waals surface area (Å²) in [6, 6.07) is 4.72. The van der Waals surface area contributed by atoms with E-state index in [2.05, 4.69) is 21.3 Å². The normalized spacial score (nSPS) is 22.9. The molecule has 1 aromatic heterocycles. The van der Waals surface area contributed by atoms with Crippen molar-refractivity contribution in [1.82, 2.24) is 10.2 Å². The third-order valence-electron chi connectivity index (χ3n) is 5.34. The maximum Gasteiger partial charge on any atom is 0.188 e. The van der Waals surface area contributed by atoms with Crippen LogP contribution >= 0.6 is 0 Å². The van der Waals surface area contributed by atoms with E-state index >= 15 is 0 Å². The van der Waals surface area contributed by atoms with Gasteiger partial charge in [0.15, 0.2) is 5.96 Å². The lowest BCUT2D eigenvalue weighted by Crippen LogP contribution is -2.41. The molecule has 24 heavy (non-hydrogen) atoms. The Morgan fingerprint density at radius 3 is 2.54 bits per heavy atom. The molecule has 1 aliphatic heterocycles. The molecular weight excluding hydrogens is 300 g/mol. The van der Waals surface area contributed by atoms with E-state index in [1.54, 1.807) is 6.26 Å². The molecule has 2 heterocycles. The molecule has 1 unspecified atom stereocenters. The number of aliphatic imine (C=N–C) groups is 1. The second-order valence-electron chi connectivity index (χ2n) is 7.19. The molecule has 0 bridgehead atoms. The van der Waals surface area contributed by atoms with Crippen molar-refractivity contribution in [2.75, 3.05) is 19.6 Å². The number of nitrogens with two attached hydrogens (primary N) is 1. The van der Waals surface area contributed by atoms with Crippen LogP contribution in [0.1, 0.15) is 69.6 Å². The Kier molecular flexibility index (Phi) is 6.58. The van der Waals surface area contributed by atoms with Crippen molar-refractivity contribution in [2.45, 2.75) is 69.9 Å². The molecule has 5 heteroatoms. The summed E-state index contributed by atoms with van der Waals surface area (Å²) in [5.41, 5.74) is 6.18. The fourth-order valence-electron chi connectivity index (χ4n) is 3.96. The molecule has 5 nitrogen and oxygen atoms in total. The Labute approximate surface area is 145 Å². The Balaban J connectivity index is 1.59. The van der Waals surface area contributed by atoms with Crippen LogP contribution in [0.15, 0.2) is 27.8 Å².